The summed E-state index contributed by atoms with van der Waals surface area (Å²) < 4.78 is 0.885. The Morgan fingerprint density at radius 3 is 2.92 bits per heavy atom. The summed E-state index contributed by atoms with van der Waals surface area (Å²) in [6, 6.07) is 5.10. The van der Waals surface area contributed by atoms with Gasteiger partial charge in [0, 0.05) is 16.3 Å². The summed E-state index contributed by atoms with van der Waals surface area (Å²) in [5.41, 5.74) is 0.642. The second-order valence-corrected chi connectivity index (χ2v) is 3.38. The van der Waals surface area contributed by atoms with Gasteiger partial charge < -0.3 is 10.2 Å². The number of rotatable bonds is 3. The van der Waals surface area contributed by atoms with E-state index in [2.05, 4.69) is 20.9 Å². The van der Waals surface area contributed by atoms with Gasteiger partial charge in [-0.25, -0.2) is 0 Å². The fourth-order valence-corrected chi connectivity index (χ4v) is 1.23. The molecule has 0 bridgehead atoms. The molecule has 4 heteroatoms. The molecule has 70 valence electrons. The second-order valence-electron chi connectivity index (χ2n) is 2.46. The number of hydrogen-bond acceptors (Lipinski definition) is 3. The molecule has 0 saturated carbocycles. The number of hydrogen-bond donors (Lipinski definition) is 2. The maximum absolute atomic E-state index is 9.36. The maximum Gasteiger partial charge on any atom is 0.124 e. The molecule has 0 aliphatic carbocycles. The molecule has 0 unspecified atom stereocenters. The molecule has 3 nitrogen and oxygen atoms in total. The van der Waals surface area contributed by atoms with Gasteiger partial charge in [0.05, 0.1) is 13.2 Å². The Hall–Kier alpha value is -0.870. The van der Waals surface area contributed by atoms with Crippen molar-refractivity contribution in [2.24, 2.45) is 4.99 Å². The smallest absolute Gasteiger partial charge is 0.124 e. The van der Waals surface area contributed by atoms with Gasteiger partial charge in [-0.15, -0.1) is 0 Å². The first kappa shape index (κ1) is 10.2. The summed E-state index contributed by atoms with van der Waals surface area (Å²) in [4.78, 5) is 3.91. The Labute approximate surface area is 84.9 Å². The van der Waals surface area contributed by atoms with E-state index >= 15 is 0 Å². The van der Waals surface area contributed by atoms with Gasteiger partial charge >= 0.3 is 0 Å². The van der Waals surface area contributed by atoms with E-state index in [1.54, 1.807) is 18.2 Å². The van der Waals surface area contributed by atoms with Gasteiger partial charge in [0.2, 0.25) is 0 Å². The van der Waals surface area contributed by atoms with E-state index < -0.39 is 0 Å². The van der Waals surface area contributed by atoms with Crippen molar-refractivity contribution in [2.45, 2.75) is 0 Å². The molecule has 2 N–H and O–H groups in total. The summed E-state index contributed by atoms with van der Waals surface area (Å²) in [7, 11) is 0. The van der Waals surface area contributed by atoms with Crippen LogP contribution in [0.1, 0.15) is 5.56 Å². The zero-order chi connectivity index (χ0) is 9.68. The van der Waals surface area contributed by atoms with Crippen molar-refractivity contribution < 1.29 is 10.2 Å². The molecule has 0 saturated heterocycles. The Morgan fingerprint density at radius 2 is 2.23 bits per heavy atom. The van der Waals surface area contributed by atoms with Crippen LogP contribution in [-0.4, -0.2) is 29.6 Å². The molecule has 0 amide bonds. The van der Waals surface area contributed by atoms with E-state index in [4.69, 9.17) is 5.11 Å². The second kappa shape index (κ2) is 4.99. The summed E-state index contributed by atoms with van der Waals surface area (Å²) in [6.07, 6.45) is 1.54. The lowest BCUT2D eigenvalue weighted by atomic mass is 10.2. The number of aromatic hydroxyl groups is 1. The van der Waals surface area contributed by atoms with Crippen molar-refractivity contribution in [3.63, 3.8) is 0 Å². The van der Waals surface area contributed by atoms with Gasteiger partial charge in [0.25, 0.3) is 0 Å². The molecule has 0 heterocycles. The Balaban J connectivity index is 2.81. The first-order chi connectivity index (χ1) is 6.24. The van der Waals surface area contributed by atoms with Gasteiger partial charge in [0.15, 0.2) is 0 Å². The monoisotopic (exact) mass is 243 g/mol. The lowest BCUT2D eigenvalue weighted by molar-refractivity contribution is 0.307. The van der Waals surface area contributed by atoms with Gasteiger partial charge in [-0.3, -0.25) is 4.99 Å². The number of phenols is 1. The molecule has 0 aliphatic heterocycles. The number of aliphatic hydroxyl groups is 1. The molecule has 0 atom stereocenters. The summed E-state index contributed by atoms with van der Waals surface area (Å²) in [5.74, 6) is 0.185. The van der Waals surface area contributed by atoms with Crippen molar-refractivity contribution in [3.8, 4) is 5.75 Å². The predicted molar refractivity (Wildman–Crippen MR) is 55.4 cm³/mol. The quantitative estimate of drug-likeness (QED) is 0.793. The van der Waals surface area contributed by atoms with Crippen molar-refractivity contribution in [3.05, 3.63) is 28.2 Å². The molecule has 0 fully saturated rings. The molecular weight excluding hydrogens is 234 g/mol. The van der Waals surface area contributed by atoms with Crippen LogP contribution in [-0.2, 0) is 0 Å². The largest absolute Gasteiger partial charge is 0.507 e. The van der Waals surface area contributed by atoms with Crippen molar-refractivity contribution in [1.82, 2.24) is 0 Å². The first-order valence-corrected chi connectivity index (χ1v) is 4.62. The average Bonchev–Trinajstić information content (AvgIpc) is 2.11. The van der Waals surface area contributed by atoms with Crippen LogP contribution in [0.25, 0.3) is 0 Å². The van der Waals surface area contributed by atoms with Crippen LogP contribution in [0.5, 0.6) is 5.75 Å². The Morgan fingerprint density at radius 1 is 1.46 bits per heavy atom. The Bertz CT molecular complexity index is 312. The first-order valence-electron chi connectivity index (χ1n) is 3.83. The van der Waals surface area contributed by atoms with Crippen molar-refractivity contribution in [2.75, 3.05) is 13.2 Å². The molecule has 0 radical (unpaired) electrons. The number of benzene rings is 1. The summed E-state index contributed by atoms with van der Waals surface area (Å²) >= 11 is 3.28. The van der Waals surface area contributed by atoms with Gasteiger partial charge in [-0.2, -0.15) is 0 Å². The van der Waals surface area contributed by atoms with E-state index in [0.717, 1.165) is 4.47 Å². The Kier molecular flexibility index (Phi) is 3.92. The standard InChI is InChI=1S/C9H10BrNO2/c10-8-1-2-9(13)7(5-8)6-11-3-4-12/h1-2,5-6,12-13H,3-4H2. The SMILES string of the molecule is OCCN=Cc1cc(Br)ccc1O. The molecule has 1 aromatic carbocycles. The van der Waals surface area contributed by atoms with Crippen LogP contribution in [0.3, 0.4) is 0 Å². The third-order valence-electron chi connectivity index (χ3n) is 1.45. The fraction of sp³-hybridized carbons (Fsp3) is 0.222. The van der Waals surface area contributed by atoms with Crippen LogP contribution in [0.2, 0.25) is 0 Å². The van der Waals surface area contributed by atoms with Crippen LogP contribution in [0, 0.1) is 0 Å². The van der Waals surface area contributed by atoms with E-state index in [9.17, 15) is 5.11 Å². The average molecular weight is 244 g/mol. The van der Waals surface area contributed by atoms with Gasteiger partial charge in [-0.05, 0) is 18.2 Å². The number of halogens is 1. The molecule has 0 aliphatic rings. The summed E-state index contributed by atoms with van der Waals surface area (Å²) in [6.45, 7) is 0.372. The zero-order valence-corrected chi connectivity index (χ0v) is 8.53. The van der Waals surface area contributed by atoms with E-state index in [1.165, 1.54) is 6.21 Å². The number of aliphatic imine (C=N–C) groups is 1. The van der Waals surface area contributed by atoms with Gasteiger partial charge in [0.1, 0.15) is 5.75 Å². The summed E-state index contributed by atoms with van der Waals surface area (Å²) in [5, 5.41) is 17.8. The molecule has 13 heavy (non-hydrogen) atoms. The highest BCUT2D eigenvalue weighted by atomic mass is 79.9. The number of nitrogens with zero attached hydrogens (tertiary/aromatic N) is 1. The highest BCUT2D eigenvalue weighted by molar-refractivity contribution is 9.10. The van der Waals surface area contributed by atoms with Crippen molar-refractivity contribution >= 4 is 22.1 Å². The third-order valence-corrected chi connectivity index (χ3v) is 1.94. The lowest BCUT2D eigenvalue weighted by Gasteiger charge is -1.98. The lowest BCUT2D eigenvalue weighted by Crippen LogP contribution is -1.89. The van der Waals surface area contributed by atoms with Crippen LogP contribution < -0.4 is 0 Å². The minimum atomic E-state index is 0.0191. The van der Waals surface area contributed by atoms with Crippen LogP contribution >= 0.6 is 15.9 Å². The zero-order valence-electron chi connectivity index (χ0n) is 6.94. The fourth-order valence-electron chi connectivity index (χ4n) is 0.849. The van der Waals surface area contributed by atoms with Crippen LogP contribution in [0.15, 0.2) is 27.7 Å². The normalized spacial score (nSPS) is 10.9. The molecular formula is C9H10BrNO2. The molecule has 1 aromatic rings. The predicted octanol–water partition coefficient (Wildman–Crippen LogP) is 1.57. The van der Waals surface area contributed by atoms with Gasteiger partial charge in [-0.1, -0.05) is 15.9 Å². The third kappa shape index (κ3) is 3.16. The topological polar surface area (TPSA) is 52.8 Å². The van der Waals surface area contributed by atoms with E-state index in [1.807, 2.05) is 0 Å². The highest BCUT2D eigenvalue weighted by Crippen LogP contribution is 2.19. The van der Waals surface area contributed by atoms with E-state index in [-0.39, 0.29) is 12.4 Å². The minimum absolute atomic E-state index is 0.0191. The van der Waals surface area contributed by atoms with E-state index in [0.29, 0.717) is 12.1 Å². The highest BCUT2D eigenvalue weighted by Gasteiger charge is 1.97. The molecule has 0 aromatic heterocycles. The minimum Gasteiger partial charge on any atom is -0.507 e. The number of phenolic OH excluding ortho intramolecular Hbond substituents is 1. The van der Waals surface area contributed by atoms with Crippen molar-refractivity contribution in [1.29, 1.82) is 0 Å². The number of aliphatic hydroxyl groups excluding tert-OH is 1. The maximum atomic E-state index is 9.36. The molecule has 0 spiro atoms. The van der Waals surface area contributed by atoms with Crippen LogP contribution in [0.4, 0.5) is 0 Å². The molecule has 1 rings (SSSR count).